The summed E-state index contributed by atoms with van der Waals surface area (Å²) in [5.74, 6) is 0.733. The minimum atomic E-state index is 0.634. The summed E-state index contributed by atoms with van der Waals surface area (Å²) in [5, 5.41) is 0. The molecule has 0 saturated carbocycles. The third-order valence-corrected chi connectivity index (χ3v) is 2.93. The van der Waals surface area contributed by atoms with Crippen LogP contribution in [0.5, 0.6) is 0 Å². The highest BCUT2D eigenvalue weighted by atomic mass is 32.1. The number of aryl methyl sites for hydroxylation is 2. The minimum Gasteiger partial charge on any atom is -0.342 e. The van der Waals surface area contributed by atoms with E-state index in [-0.39, 0.29) is 0 Å². The Hall–Kier alpha value is -1.55. The Morgan fingerprint density at radius 1 is 1.12 bits per heavy atom. The Morgan fingerprint density at radius 2 is 1.88 bits per heavy atom. The lowest BCUT2D eigenvalue weighted by Crippen LogP contribution is -1.98. The molecule has 16 heavy (non-hydrogen) atoms. The molecule has 0 radical (unpaired) electrons. The second kappa shape index (κ2) is 4.14. The van der Waals surface area contributed by atoms with Gasteiger partial charge < -0.3 is 4.98 Å². The molecule has 3 nitrogen and oxygen atoms in total. The maximum Gasteiger partial charge on any atom is 0.157 e. The van der Waals surface area contributed by atoms with E-state index < -0.39 is 0 Å². The maximum atomic E-state index is 5.20. The van der Waals surface area contributed by atoms with E-state index in [0.29, 0.717) is 4.64 Å². The molecule has 2 rings (SSSR count). The van der Waals surface area contributed by atoms with Crippen molar-refractivity contribution in [1.29, 1.82) is 0 Å². The van der Waals surface area contributed by atoms with Crippen LogP contribution < -0.4 is 0 Å². The van der Waals surface area contributed by atoms with Crippen molar-refractivity contribution in [2.24, 2.45) is 0 Å². The zero-order chi connectivity index (χ0) is 11.7. The van der Waals surface area contributed by atoms with Gasteiger partial charge in [0.2, 0.25) is 0 Å². The first kappa shape index (κ1) is 11.0. The van der Waals surface area contributed by atoms with Gasteiger partial charge in [0.15, 0.2) is 5.82 Å². The van der Waals surface area contributed by atoms with Gasteiger partial charge in [0.25, 0.3) is 0 Å². The zero-order valence-corrected chi connectivity index (χ0v) is 10.4. The van der Waals surface area contributed by atoms with Crippen molar-refractivity contribution >= 4 is 12.2 Å². The van der Waals surface area contributed by atoms with Gasteiger partial charge in [-0.2, -0.15) is 0 Å². The highest BCUT2D eigenvalue weighted by molar-refractivity contribution is 7.71. The number of nitrogens with zero attached hydrogens (tertiary/aromatic N) is 2. The normalized spacial score (nSPS) is 10.4. The van der Waals surface area contributed by atoms with Crippen LogP contribution in [0.2, 0.25) is 0 Å². The van der Waals surface area contributed by atoms with E-state index in [1.807, 2.05) is 39.0 Å². The minimum absolute atomic E-state index is 0.634. The molecule has 0 aliphatic carbocycles. The molecule has 0 aromatic carbocycles. The van der Waals surface area contributed by atoms with Gasteiger partial charge in [-0.15, -0.1) is 0 Å². The molecule has 2 aromatic heterocycles. The molecule has 1 N–H and O–H groups in total. The van der Waals surface area contributed by atoms with Crippen LogP contribution in [0.15, 0.2) is 18.2 Å². The Labute approximate surface area is 99.6 Å². The predicted octanol–water partition coefficient (Wildman–Crippen LogP) is 3.13. The Morgan fingerprint density at radius 3 is 2.50 bits per heavy atom. The van der Waals surface area contributed by atoms with Gasteiger partial charge in [0.05, 0.1) is 0 Å². The van der Waals surface area contributed by atoms with Gasteiger partial charge in [-0.1, -0.05) is 18.3 Å². The fourth-order valence-electron chi connectivity index (χ4n) is 1.44. The number of pyridine rings is 1. The van der Waals surface area contributed by atoms with Crippen LogP contribution in [0.4, 0.5) is 0 Å². The molecule has 0 amide bonds. The quantitative estimate of drug-likeness (QED) is 0.767. The summed E-state index contributed by atoms with van der Waals surface area (Å²) in [4.78, 5) is 12.0. The molecule has 0 bridgehead atoms. The standard InChI is InChI=1S/C12H13N3S/c1-7-5-4-6-10(13-7)11-14-9(3)8(2)12(16)15-11/h4-6H,1-3H3,(H,14,15,16). The zero-order valence-electron chi connectivity index (χ0n) is 9.53. The van der Waals surface area contributed by atoms with Gasteiger partial charge in [-0.05, 0) is 32.9 Å². The second-order valence-electron chi connectivity index (χ2n) is 3.80. The first-order valence-electron chi connectivity index (χ1n) is 5.09. The summed E-state index contributed by atoms with van der Waals surface area (Å²) in [6.45, 7) is 5.92. The Kier molecular flexibility index (Phi) is 2.83. The number of hydrogen-bond acceptors (Lipinski definition) is 3. The summed E-state index contributed by atoms with van der Waals surface area (Å²) in [6.07, 6.45) is 0. The monoisotopic (exact) mass is 231 g/mol. The van der Waals surface area contributed by atoms with Crippen LogP contribution in [0.25, 0.3) is 11.5 Å². The van der Waals surface area contributed by atoms with Crippen molar-refractivity contribution in [3.8, 4) is 11.5 Å². The first-order valence-corrected chi connectivity index (χ1v) is 5.50. The van der Waals surface area contributed by atoms with E-state index >= 15 is 0 Å². The number of rotatable bonds is 1. The average molecular weight is 231 g/mol. The van der Waals surface area contributed by atoms with Crippen molar-refractivity contribution in [3.63, 3.8) is 0 Å². The summed E-state index contributed by atoms with van der Waals surface area (Å²) in [7, 11) is 0. The Bertz CT molecular complexity index is 587. The molecule has 0 spiro atoms. The maximum absolute atomic E-state index is 5.20. The highest BCUT2D eigenvalue weighted by Gasteiger charge is 2.04. The number of nitrogens with one attached hydrogen (secondary N) is 1. The van der Waals surface area contributed by atoms with Crippen molar-refractivity contribution in [3.05, 3.63) is 39.8 Å². The van der Waals surface area contributed by atoms with E-state index in [0.717, 1.165) is 28.5 Å². The summed E-state index contributed by atoms with van der Waals surface area (Å²) < 4.78 is 0.634. The lowest BCUT2D eigenvalue weighted by molar-refractivity contribution is 1.04. The van der Waals surface area contributed by atoms with E-state index in [4.69, 9.17) is 12.2 Å². The van der Waals surface area contributed by atoms with Crippen molar-refractivity contribution in [2.75, 3.05) is 0 Å². The lowest BCUT2D eigenvalue weighted by Gasteiger charge is -2.05. The average Bonchev–Trinajstić information content (AvgIpc) is 2.25. The van der Waals surface area contributed by atoms with Gasteiger partial charge in [0, 0.05) is 17.0 Å². The molecule has 0 fully saturated rings. The number of aromatic amines is 1. The summed E-state index contributed by atoms with van der Waals surface area (Å²) in [6, 6.07) is 5.85. The van der Waals surface area contributed by atoms with E-state index in [2.05, 4.69) is 15.0 Å². The number of hydrogen-bond donors (Lipinski definition) is 1. The van der Waals surface area contributed by atoms with Gasteiger partial charge in [-0.25, -0.2) is 9.97 Å². The van der Waals surface area contributed by atoms with Crippen LogP contribution in [0, 0.1) is 25.4 Å². The molecule has 82 valence electrons. The number of H-pyrrole nitrogens is 1. The molecule has 0 aliphatic rings. The van der Waals surface area contributed by atoms with Gasteiger partial charge in [-0.3, -0.25) is 0 Å². The van der Waals surface area contributed by atoms with Crippen LogP contribution >= 0.6 is 12.2 Å². The second-order valence-corrected chi connectivity index (χ2v) is 4.19. The molecule has 0 unspecified atom stereocenters. The summed E-state index contributed by atoms with van der Waals surface area (Å²) >= 11 is 5.20. The smallest absolute Gasteiger partial charge is 0.157 e. The van der Waals surface area contributed by atoms with Crippen LogP contribution in [-0.2, 0) is 0 Å². The van der Waals surface area contributed by atoms with Crippen molar-refractivity contribution < 1.29 is 0 Å². The molecular weight excluding hydrogens is 218 g/mol. The van der Waals surface area contributed by atoms with Crippen molar-refractivity contribution in [1.82, 2.24) is 15.0 Å². The molecule has 0 atom stereocenters. The molecule has 2 heterocycles. The van der Waals surface area contributed by atoms with Crippen molar-refractivity contribution in [2.45, 2.75) is 20.8 Å². The van der Waals surface area contributed by atoms with E-state index in [9.17, 15) is 0 Å². The highest BCUT2D eigenvalue weighted by Crippen LogP contribution is 2.14. The summed E-state index contributed by atoms with van der Waals surface area (Å²) in [5.41, 5.74) is 3.86. The molecule has 4 heteroatoms. The van der Waals surface area contributed by atoms with E-state index in [1.165, 1.54) is 0 Å². The van der Waals surface area contributed by atoms with Crippen LogP contribution in [0.1, 0.15) is 17.0 Å². The fraction of sp³-hybridized carbons (Fsp3) is 0.250. The molecule has 0 saturated heterocycles. The molecule has 0 aliphatic heterocycles. The van der Waals surface area contributed by atoms with Gasteiger partial charge >= 0.3 is 0 Å². The first-order chi connectivity index (χ1) is 7.58. The van der Waals surface area contributed by atoms with Crippen LogP contribution in [-0.4, -0.2) is 15.0 Å². The van der Waals surface area contributed by atoms with Crippen LogP contribution in [0.3, 0.4) is 0 Å². The third kappa shape index (κ3) is 2.02. The third-order valence-electron chi connectivity index (χ3n) is 2.53. The molecule has 2 aromatic rings. The largest absolute Gasteiger partial charge is 0.342 e. The van der Waals surface area contributed by atoms with Gasteiger partial charge in [0.1, 0.15) is 10.3 Å². The van der Waals surface area contributed by atoms with E-state index in [1.54, 1.807) is 0 Å². The lowest BCUT2D eigenvalue weighted by atomic mass is 10.2. The SMILES string of the molecule is Cc1cccc(-c2nc(=S)c(C)c(C)[nH]2)n1. The Balaban J connectivity index is 2.61. The molecular formula is C12H13N3S. The number of aromatic nitrogens is 3. The topological polar surface area (TPSA) is 41.6 Å². The predicted molar refractivity (Wildman–Crippen MR) is 66.9 cm³/mol. The fourth-order valence-corrected chi connectivity index (χ4v) is 1.69.